The average Bonchev–Trinajstić information content (AvgIpc) is 2.74. The van der Waals surface area contributed by atoms with E-state index in [4.69, 9.17) is 15.6 Å². The Morgan fingerprint density at radius 2 is 2.47 bits per heavy atom. The fraction of sp³-hybridized carbons (Fsp3) is 0.455. The molecule has 104 valence electrons. The van der Waals surface area contributed by atoms with Crippen LogP contribution in [0.2, 0.25) is 0 Å². The van der Waals surface area contributed by atoms with E-state index < -0.39 is 24.2 Å². The number of rotatable bonds is 3. The van der Waals surface area contributed by atoms with Crippen molar-refractivity contribution in [3.05, 3.63) is 27.2 Å². The van der Waals surface area contributed by atoms with Gasteiger partial charge in [0, 0.05) is 18.2 Å². The van der Waals surface area contributed by atoms with Gasteiger partial charge in [0.1, 0.15) is 12.0 Å². The van der Waals surface area contributed by atoms with Crippen LogP contribution in [-0.4, -0.2) is 33.5 Å². The monoisotopic (exact) mass is 333 g/mol. The minimum absolute atomic E-state index is 0.0433. The van der Waals surface area contributed by atoms with Crippen molar-refractivity contribution in [3.63, 3.8) is 0 Å². The van der Waals surface area contributed by atoms with E-state index in [0.717, 1.165) is 4.57 Å². The lowest BCUT2D eigenvalue weighted by atomic mass is 10.2. The van der Waals surface area contributed by atoms with E-state index in [0.29, 0.717) is 5.56 Å². The maximum Gasteiger partial charge on any atom is 0.351 e. The fourth-order valence-corrected chi connectivity index (χ4v) is 2.22. The Hall–Kier alpha value is -1.25. The highest BCUT2D eigenvalue weighted by atomic mass is 79.9. The third-order valence-electron chi connectivity index (χ3n) is 2.86. The first kappa shape index (κ1) is 14.2. The van der Waals surface area contributed by atoms with Crippen molar-refractivity contribution in [1.29, 1.82) is 0 Å². The highest BCUT2D eigenvalue weighted by Crippen LogP contribution is 2.30. The smallest absolute Gasteiger partial charge is 0.351 e. The van der Waals surface area contributed by atoms with Gasteiger partial charge in [-0.05, 0) is 11.1 Å². The van der Waals surface area contributed by atoms with Crippen LogP contribution in [0.25, 0.3) is 6.08 Å². The zero-order valence-electron chi connectivity index (χ0n) is 9.87. The largest absolute Gasteiger partial charge is 0.394 e. The molecule has 0 radical (unpaired) electrons. The van der Waals surface area contributed by atoms with Gasteiger partial charge in [-0.25, -0.2) is 9.18 Å². The topological polar surface area (TPSA) is 90.4 Å². The number of halogens is 2. The van der Waals surface area contributed by atoms with Crippen LogP contribution in [-0.2, 0) is 4.74 Å². The molecule has 1 aliphatic heterocycles. The second kappa shape index (κ2) is 5.81. The lowest BCUT2D eigenvalue weighted by molar-refractivity contribution is -0.0393. The summed E-state index contributed by atoms with van der Waals surface area (Å²) in [5.74, 6) is 0.0593. The van der Waals surface area contributed by atoms with Gasteiger partial charge in [0.05, 0.1) is 12.7 Å². The van der Waals surface area contributed by atoms with Gasteiger partial charge >= 0.3 is 5.69 Å². The fourth-order valence-electron chi connectivity index (χ4n) is 1.94. The Labute approximate surface area is 116 Å². The first-order valence-electron chi connectivity index (χ1n) is 5.62. The Morgan fingerprint density at radius 1 is 1.74 bits per heavy atom. The molecule has 0 bridgehead atoms. The maximum atomic E-state index is 13.8. The molecule has 2 rings (SSSR count). The molecular formula is C11H13BrFN3O3. The minimum atomic E-state index is -1.37. The van der Waals surface area contributed by atoms with Crippen LogP contribution < -0.4 is 11.4 Å². The summed E-state index contributed by atoms with van der Waals surface area (Å²) in [6.45, 7) is -0.289. The van der Waals surface area contributed by atoms with Crippen LogP contribution in [0.15, 0.2) is 16.0 Å². The highest BCUT2D eigenvalue weighted by Gasteiger charge is 2.37. The van der Waals surface area contributed by atoms with Crippen molar-refractivity contribution in [3.8, 4) is 0 Å². The molecule has 0 unspecified atom stereocenters. The van der Waals surface area contributed by atoms with Gasteiger partial charge in [-0.3, -0.25) is 4.57 Å². The van der Waals surface area contributed by atoms with Crippen LogP contribution in [0.4, 0.5) is 10.2 Å². The van der Waals surface area contributed by atoms with Crippen molar-refractivity contribution in [2.45, 2.75) is 24.9 Å². The number of aromatic nitrogens is 2. The summed E-state index contributed by atoms with van der Waals surface area (Å²) in [4.78, 5) is 16.9. The summed E-state index contributed by atoms with van der Waals surface area (Å²) in [7, 11) is 0. The highest BCUT2D eigenvalue weighted by molar-refractivity contribution is 9.11. The third kappa shape index (κ3) is 2.85. The summed E-state index contributed by atoms with van der Waals surface area (Å²) >= 11 is 3.09. The summed E-state index contributed by atoms with van der Waals surface area (Å²) < 4.78 is 20.2. The zero-order valence-corrected chi connectivity index (χ0v) is 11.5. The molecule has 6 nitrogen and oxygen atoms in total. The van der Waals surface area contributed by atoms with E-state index in [1.807, 2.05) is 0 Å². The Bertz CT molecular complexity index is 548. The number of aliphatic hydroxyl groups is 1. The lowest BCUT2D eigenvalue weighted by Crippen LogP contribution is -2.31. The summed E-state index contributed by atoms with van der Waals surface area (Å²) in [5, 5.41) is 8.97. The normalized spacial score (nSPS) is 27.2. The van der Waals surface area contributed by atoms with Crippen molar-refractivity contribution < 1.29 is 14.2 Å². The van der Waals surface area contributed by atoms with Gasteiger partial charge in [0.15, 0.2) is 6.23 Å². The first-order valence-corrected chi connectivity index (χ1v) is 6.54. The Balaban J connectivity index is 2.39. The molecular weight excluding hydrogens is 321 g/mol. The molecule has 0 saturated carbocycles. The van der Waals surface area contributed by atoms with Gasteiger partial charge in [0.2, 0.25) is 0 Å². The Morgan fingerprint density at radius 3 is 3.05 bits per heavy atom. The summed E-state index contributed by atoms with van der Waals surface area (Å²) in [6.07, 6.45) is -0.0497. The first-order chi connectivity index (χ1) is 9.06. The predicted octanol–water partition coefficient (Wildman–Crippen LogP) is 0.809. The minimum Gasteiger partial charge on any atom is -0.394 e. The summed E-state index contributed by atoms with van der Waals surface area (Å²) in [5.41, 5.74) is 5.38. The number of anilines is 1. The number of alkyl halides is 1. The number of nitrogens with zero attached hydrogens (tertiary/aromatic N) is 2. The third-order valence-corrected chi connectivity index (χ3v) is 3.12. The van der Waals surface area contributed by atoms with Crippen molar-refractivity contribution in [2.24, 2.45) is 0 Å². The van der Waals surface area contributed by atoms with Crippen molar-refractivity contribution in [1.82, 2.24) is 9.55 Å². The Kier molecular flexibility index (Phi) is 4.33. The van der Waals surface area contributed by atoms with Gasteiger partial charge in [0.25, 0.3) is 0 Å². The molecule has 8 heteroatoms. The number of hydrogen-bond donors (Lipinski definition) is 2. The molecule has 0 amide bonds. The molecule has 3 atom stereocenters. The molecule has 1 aromatic heterocycles. The van der Waals surface area contributed by atoms with E-state index in [1.54, 1.807) is 11.1 Å². The molecule has 19 heavy (non-hydrogen) atoms. The number of ether oxygens (including phenoxy) is 1. The molecule has 1 saturated heterocycles. The predicted molar refractivity (Wildman–Crippen MR) is 71.4 cm³/mol. The second-order valence-corrected chi connectivity index (χ2v) is 4.68. The molecule has 1 fully saturated rings. The molecule has 0 aliphatic carbocycles. The number of nitrogen functional groups attached to an aromatic ring is 1. The van der Waals surface area contributed by atoms with Crippen LogP contribution in [0, 0.1) is 0 Å². The number of nitrogens with two attached hydrogens (primary N) is 1. The van der Waals surface area contributed by atoms with Crippen molar-refractivity contribution in [2.75, 3.05) is 12.3 Å². The second-order valence-electron chi connectivity index (χ2n) is 4.15. The van der Waals surface area contributed by atoms with Crippen LogP contribution in [0.3, 0.4) is 0 Å². The van der Waals surface area contributed by atoms with Crippen LogP contribution in [0.5, 0.6) is 0 Å². The van der Waals surface area contributed by atoms with Gasteiger partial charge in [-0.2, -0.15) is 4.98 Å². The van der Waals surface area contributed by atoms with Crippen LogP contribution >= 0.6 is 15.9 Å². The standard InChI is InChI=1S/C11H13BrFN3O3/c12-2-1-6-4-16(11(18)15-9(6)14)10-8(13)3-7(5-17)19-10/h1-2,4,7-8,10,17H,3,5H2,(H2,14,15,18)/t7-,8-,10+/m0/s1. The van der Waals surface area contributed by atoms with Gasteiger partial charge in [-0.15, -0.1) is 0 Å². The number of hydrogen-bond acceptors (Lipinski definition) is 5. The maximum absolute atomic E-state index is 13.8. The van der Waals surface area contributed by atoms with E-state index >= 15 is 0 Å². The van der Waals surface area contributed by atoms with E-state index in [9.17, 15) is 9.18 Å². The van der Waals surface area contributed by atoms with Gasteiger partial charge < -0.3 is 15.6 Å². The molecule has 0 aromatic carbocycles. The van der Waals surface area contributed by atoms with Crippen LogP contribution in [0.1, 0.15) is 18.2 Å². The number of aliphatic hydroxyl groups excluding tert-OH is 1. The molecule has 1 aliphatic rings. The zero-order chi connectivity index (χ0) is 14.0. The average molecular weight is 334 g/mol. The van der Waals surface area contributed by atoms with E-state index in [-0.39, 0.29) is 18.8 Å². The lowest BCUT2D eigenvalue weighted by Gasteiger charge is -2.17. The van der Waals surface area contributed by atoms with Gasteiger partial charge in [-0.1, -0.05) is 15.9 Å². The summed E-state index contributed by atoms with van der Waals surface area (Å²) in [6, 6.07) is 0. The molecule has 0 spiro atoms. The van der Waals surface area contributed by atoms with Crippen molar-refractivity contribution >= 4 is 27.8 Å². The van der Waals surface area contributed by atoms with E-state index in [2.05, 4.69) is 20.9 Å². The molecule has 3 N–H and O–H groups in total. The quantitative estimate of drug-likeness (QED) is 0.854. The van der Waals surface area contributed by atoms with E-state index in [1.165, 1.54) is 6.20 Å². The molecule has 2 heterocycles. The SMILES string of the molecule is Nc1nc(=O)n([C@@H]2O[C@H](CO)C[C@@H]2F)cc1C=CBr. The molecule has 1 aromatic rings.